The van der Waals surface area contributed by atoms with Gasteiger partial charge in [0.1, 0.15) is 0 Å². The third kappa shape index (κ3) is 2.89. The van der Waals surface area contributed by atoms with Crippen LogP contribution in [0.25, 0.3) is 0 Å². The summed E-state index contributed by atoms with van der Waals surface area (Å²) in [6.45, 7) is 6.63. The molecule has 0 bridgehead atoms. The minimum absolute atomic E-state index is 0.283. The summed E-state index contributed by atoms with van der Waals surface area (Å²) in [5.41, 5.74) is 0.283. The molecule has 0 saturated carbocycles. The molecule has 0 unspecified atom stereocenters. The molecule has 10 heavy (non-hydrogen) atoms. The normalized spacial score (nSPS) is 15.9. The molecular formula is C8H18ClN. The zero-order valence-electron chi connectivity index (χ0n) is 7.61. The van der Waals surface area contributed by atoms with Gasteiger partial charge in [0.15, 0.2) is 0 Å². The van der Waals surface area contributed by atoms with Crippen molar-refractivity contribution in [3.8, 4) is 0 Å². The Kier molecular flexibility index (Phi) is 3.68. The molecule has 0 aliphatic carbocycles. The largest absolute Gasteiger partial charge is 0.305 e. The Bertz CT molecular complexity index is 93.9. The summed E-state index contributed by atoms with van der Waals surface area (Å²) >= 11 is 5.81. The molecule has 0 saturated heterocycles. The van der Waals surface area contributed by atoms with Crippen LogP contribution in [0.15, 0.2) is 0 Å². The first-order valence-corrected chi connectivity index (χ1v) is 4.15. The van der Waals surface area contributed by atoms with Crippen molar-refractivity contribution in [2.24, 2.45) is 5.41 Å². The topological polar surface area (TPSA) is 3.24 Å². The average Bonchev–Trinajstić information content (AvgIpc) is 1.60. The SMILES string of the molecule is CN(C)[C@@H](CCl)C(C)(C)C. The van der Waals surface area contributed by atoms with Crippen molar-refractivity contribution in [3.63, 3.8) is 0 Å². The predicted molar refractivity (Wildman–Crippen MR) is 47.7 cm³/mol. The number of halogens is 1. The van der Waals surface area contributed by atoms with Gasteiger partial charge in [0.05, 0.1) is 0 Å². The van der Waals surface area contributed by atoms with Crippen molar-refractivity contribution in [2.45, 2.75) is 26.8 Å². The highest BCUT2D eigenvalue weighted by Gasteiger charge is 2.24. The summed E-state index contributed by atoms with van der Waals surface area (Å²) < 4.78 is 0. The number of nitrogens with zero attached hydrogens (tertiary/aromatic N) is 1. The zero-order chi connectivity index (χ0) is 8.36. The highest BCUT2D eigenvalue weighted by atomic mass is 35.5. The molecule has 0 amide bonds. The van der Waals surface area contributed by atoms with Gasteiger partial charge >= 0.3 is 0 Å². The van der Waals surface area contributed by atoms with E-state index in [9.17, 15) is 0 Å². The van der Waals surface area contributed by atoms with E-state index in [0.717, 1.165) is 0 Å². The Morgan fingerprint density at radius 2 is 1.70 bits per heavy atom. The van der Waals surface area contributed by atoms with Gasteiger partial charge in [-0.1, -0.05) is 20.8 Å². The molecule has 1 nitrogen and oxygen atoms in total. The van der Waals surface area contributed by atoms with E-state index in [1.165, 1.54) is 0 Å². The number of hydrogen-bond donors (Lipinski definition) is 0. The average molecular weight is 164 g/mol. The van der Waals surface area contributed by atoms with Crippen molar-refractivity contribution in [3.05, 3.63) is 0 Å². The van der Waals surface area contributed by atoms with Crippen LogP contribution in [-0.2, 0) is 0 Å². The summed E-state index contributed by atoms with van der Waals surface area (Å²) in [4.78, 5) is 2.17. The molecule has 0 aliphatic heterocycles. The zero-order valence-corrected chi connectivity index (χ0v) is 8.37. The molecule has 62 valence electrons. The van der Waals surface area contributed by atoms with Crippen LogP contribution >= 0.6 is 11.6 Å². The molecule has 0 spiro atoms. The Morgan fingerprint density at radius 3 is 1.70 bits per heavy atom. The maximum Gasteiger partial charge on any atom is 0.0384 e. The maximum atomic E-state index is 5.81. The summed E-state index contributed by atoms with van der Waals surface area (Å²) in [5, 5.41) is 0. The van der Waals surface area contributed by atoms with Gasteiger partial charge in [0, 0.05) is 11.9 Å². The molecule has 0 aromatic carbocycles. The standard InChI is InChI=1S/C8H18ClN/c1-8(2,3)7(6-9)10(4)5/h7H,6H2,1-5H3/t7-/m0/s1. The summed E-state index contributed by atoms with van der Waals surface area (Å²) in [6.07, 6.45) is 0. The van der Waals surface area contributed by atoms with E-state index < -0.39 is 0 Å². The van der Waals surface area contributed by atoms with E-state index >= 15 is 0 Å². The van der Waals surface area contributed by atoms with E-state index in [-0.39, 0.29) is 5.41 Å². The van der Waals surface area contributed by atoms with Crippen molar-refractivity contribution in [1.29, 1.82) is 0 Å². The molecule has 0 N–H and O–H groups in total. The second-order valence-electron chi connectivity index (χ2n) is 4.00. The fraction of sp³-hybridized carbons (Fsp3) is 1.00. The fourth-order valence-corrected chi connectivity index (χ4v) is 1.88. The first-order valence-electron chi connectivity index (χ1n) is 3.62. The molecule has 0 aliphatic rings. The molecule has 2 heteroatoms. The lowest BCUT2D eigenvalue weighted by Gasteiger charge is -2.34. The van der Waals surface area contributed by atoms with Crippen LogP contribution in [0.2, 0.25) is 0 Å². The van der Waals surface area contributed by atoms with Gasteiger partial charge in [0.2, 0.25) is 0 Å². The molecule has 0 fully saturated rings. The van der Waals surface area contributed by atoms with Gasteiger partial charge in [-0.2, -0.15) is 0 Å². The quantitative estimate of drug-likeness (QED) is 0.565. The van der Waals surface area contributed by atoms with Crippen LogP contribution < -0.4 is 0 Å². The summed E-state index contributed by atoms with van der Waals surface area (Å²) in [6, 6.07) is 0.467. The van der Waals surface area contributed by atoms with Gasteiger partial charge in [-0.05, 0) is 19.5 Å². The van der Waals surface area contributed by atoms with Gasteiger partial charge < -0.3 is 4.90 Å². The number of rotatable bonds is 2. The van der Waals surface area contributed by atoms with Crippen LogP contribution in [-0.4, -0.2) is 30.9 Å². The lowest BCUT2D eigenvalue weighted by molar-refractivity contribution is 0.172. The van der Waals surface area contributed by atoms with Crippen molar-refractivity contribution in [2.75, 3.05) is 20.0 Å². The van der Waals surface area contributed by atoms with E-state index in [4.69, 9.17) is 11.6 Å². The lowest BCUT2D eigenvalue weighted by Crippen LogP contribution is -2.40. The second-order valence-corrected chi connectivity index (χ2v) is 4.31. The van der Waals surface area contributed by atoms with Crippen LogP contribution in [0.3, 0.4) is 0 Å². The lowest BCUT2D eigenvalue weighted by atomic mass is 9.87. The second kappa shape index (κ2) is 3.59. The van der Waals surface area contributed by atoms with Gasteiger partial charge in [-0.15, -0.1) is 11.6 Å². The number of alkyl halides is 1. The molecular weight excluding hydrogens is 146 g/mol. The highest BCUT2D eigenvalue weighted by Crippen LogP contribution is 2.23. The minimum Gasteiger partial charge on any atom is -0.305 e. The van der Waals surface area contributed by atoms with Gasteiger partial charge in [-0.3, -0.25) is 0 Å². The first-order chi connectivity index (χ1) is 4.39. The summed E-state index contributed by atoms with van der Waals surface area (Å²) in [5.74, 6) is 0.705. The van der Waals surface area contributed by atoms with E-state index in [1.54, 1.807) is 0 Å². The Balaban J connectivity index is 4.07. The first kappa shape index (κ1) is 10.2. The predicted octanol–water partition coefficient (Wildman–Crippen LogP) is 2.20. The fourth-order valence-electron chi connectivity index (χ4n) is 1.14. The molecule has 0 radical (unpaired) electrons. The van der Waals surface area contributed by atoms with Gasteiger partial charge in [0.25, 0.3) is 0 Å². The maximum absolute atomic E-state index is 5.81. The Hall–Kier alpha value is 0.250. The van der Waals surface area contributed by atoms with Gasteiger partial charge in [-0.25, -0.2) is 0 Å². The third-order valence-electron chi connectivity index (χ3n) is 1.77. The van der Waals surface area contributed by atoms with Crippen LogP contribution in [0.4, 0.5) is 0 Å². The Labute approximate surface area is 69.4 Å². The molecule has 0 aromatic rings. The molecule has 0 heterocycles. The van der Waals surface area contributed by atoms with Crippen LogP contribution in [0, 0.1) is 5.41 Å². The number of hydrogen-bond acceptors (Lipinski definition) is 1. The summed E-state index contributed by atoms with van der Waals surface area (Å²) in [7, 11) is 4.14. The van der Waals surface area contributed by atoms with Crippen molar-refractivity contribution < 1.29 is 0 Å². The van der Waals surface area contributed by atoms with Crippen molar-refractivity contribution in [1.82, 2.24) is 4.90 Å². The highest BCUT2D eigenvalue weighted by molar-refractivity contribution is 6.18. The van der Waals surface area contributed by atoms with E-state index in [1.807, 2.05) is 0 Å². The Morgan fingerprint density at radius 1 is 1.30 bits per heavy atom. The molecule has 0 rings (SSSR count). The third-order valence-corrected chi connectivity index (χ3v) is 2.06. The molecule has 1 atom stereocenters. The molecule has 0 aromatic heterocycles. The van der Waals surface area contributed by atoms with E-state index in [2.05, 4.69) is 39.8 Å². The van der Waals surface area contributed by atoms with E-state index in [0.29, 0.717) is 11.9 Å². The monoisotopic (exact) mass is 163 g/mol. The minimum atomic E-state index is 0.283. The van der Waals surface area contributed by atoms with Crippen molar-refractivity contribution >= 4 is 11.6 Å². The smallest absolute Gasteiger partial charge is 0.0384 e. The van der Waals surface area contributed by atoms with Crippen LogP contribution in [0.1, 0.15) is 20.8 Å². The van der Waals surface area contributed by atoms with Crippen LogP contribution in [0.5, 0.6) is 0 Å².